The first-order valence-corrected chi connectivity index (χ1v) is 8.14. The highest BCUT2D eigenvalue weighted by atomic mass is 16.6. The molecule has 0 atom stereocenters. The van der Waals surface area contributed by atoms with Gasteiger partial charge in [-0.25, -0.2) is 0 Å². The minimum atomic E-state index is -0.286. The second-order valence-corrected chi connectivity index (χ2v) is 6.75. The maximum absolute atomic E-state index is 11.0. The van der Waals surface area contributed by atoms with Crippen LogP contribution in [0.3, 0.4) is 0 Å². The number of nitrogens with zero attached hydrogens (tertiary/aromatic N) is 1. The fourth-order valence-electron chi connectivity index (χ4n) is 4.15. The summed E-state index contributed by atoms with van der Waals surface area (Å²) in [6.45, 7) is 0.606. The minimum absolute atomic E-state index is 0.230. The SMILES string of the molecule is O=[N+]([O-])c1ccccc1CNC1CCC2(CCCC2)CC1. The van der Waals surface area contributed by atoms with E-state index < -0.39 is 0 Å². The van der Waals surface area contributed by atoms with Crippen molar-refractivity contribution in [2.45, 2.75) is 64.0 Å². The van der Waals surface area contributed by atoms with Crippen LogP contribution in [0.4, 0.5) is 5.69 Å². The lowest BCUT2D eigenvalue weighted by atomic mass is 9.71. The standard InChI is InChI=1S/C17H24N2O2/c20-19(21)16-6-2-1-5-14(16)13-18-15-7-11-17(12-8-15)9-3-4-10-17/h1-2,5-6,15,18H,3-4,7-13H2. The van der Waals surface area contributed by atoms with Gasteiger partial charge in [-0.3, -0.25) is 10.1 Å². The largest absolute Gasteiger partial charge is 0.310 e. The lowest BCUT2D eigenvalue weighted by molar-refractivity contribution is -0.385. The molecule has 4 heteroatoms. The molecule has 0 heterocycles. The summed E-state index contributed by atoms with van der Waals surface area (Å²) in [6.07, 6.45) is 10.8. The normalized spacial score (nSPS) is 21.7. The van der Waals surface area contributed by atoms with Gasteiger partial charge in [0.05, 0.1) is 4.92 Å². The van der Waals surface area contributed by atoms with Crippen LogP contribution in [0.2, 0.25) is 0 Å². The van der Waals surface area contributed by atoms with E-state index in [1.165, 1.54) is 51.4 Å². The van der Waals surface area contributed by atoms with E-state index in [9.17, 15) is 10.1 Å². The van der Waals surface area contributed by atoms with Crippen LogP contribution in [0.5, 0.6) is 0 Å². The third-order valence-electron chi connectivity index (χ3n) is 5.48. The summed E-state index contributed by atoms with van der Waals surface area (Å²) in [5.74, 6) is 0. The molecule has 1 aromatic rings. The second-order valence-electron chi connectivity index (χ2n) is 6.75. The van der Waals surface area contributed by atoms with Crippen molar-refractivity contribution in [1.82, 2.24) is 5.32 Å². The number of nitrogens with one attached hydrogen (secondary N) is 1. The molecule has 1 N–H and O–H groups in total. The predicted molar refractivity (Wildman–Crippen MR) is 83.1 cm³/mol. The van der Waals surface area contributed by atoms with Gasteiger partial charge >= 0.3 is 0 Å². The Hall–Kier alpha value is -1.42. The van der Waals surface area contributed by atoms with Crippen LogP contribution in [0, 0.1) is 15.5 Å². The third kappa shape index (κ3) is 3.26. The molecule has 114 valence electrons. The molecule has 21 heavy (non-hydrogen) atoms. The Labute approximate surface area is 126 Å². The van der Waals surface area contributed by atoms with Crippen LogP contribution in [0.1, 0.15) is 56.9 Å². The van der Waals surface area contributed by atoms with Crippen molar-refractivity contribution in [1.29, 1.82) is 0 Å². The fourth-order valence-corrected chi connectivity index (χ4v) is 4.15. The molecule has 0 bridgehead atoms. The zero-order chi connectivity index (χ0) is 14.7. The molecule has 0 unspecified atom stereocenters. The van der Waals surface area contributed by atoms with E-state index in [0.717, 1.165) is 5.56 Å². The van der Waals surface area contributed by atoms with Crippen molar-refractivity contribution >= 4 is 5.69 Å². The Morgan fingerprint density at radius 1 is 1.14 bits per heavy atom. The van der Waals surface area contributed by atoms with Gasteiger partial charge in [0, 0.05) is 24.2 Å². The van der Waals surface area contributed by atoms with Gasteiger partial charge in [0.25, 0.3) is 5.69 Å². The Morgan fingerprint density at radius 3 is 2.48 bits per heavy atom. The van der Waals surface area contributed by atoms with E-state index in [-0.39, 0.29) is 10.6 Å². The average molecular weight is 288 g/mol. The van der Waals surface area contributed by atoms with Crippen molar-refractivity contribution < 1.29 is 4.92 Å². The van der Waals surface area contributed by atoms with Crippen LogP contribution in [0.15, 0.2) is 24.3 Å². The first-order chi connectivity index (χ1) is 10.2. The lowest BCUT2D eigenvalue weighted by Gasteiger charge is -2.37. The predicted octanol–water partition coefficient (Wildman–Crippen LogP) is 4.19. The van der Waals surface area contributed by atoms with Crippen LogP contribution in [0.25, 0.3) is 0 Å². The minimum Gasteiger partial charge on any atom is -0.310 e. The first kappa shape index (κ1) is 14.5. The number of para-hydroxylation sites is 1. The highest BCUT2D eigenvalue weighted by Crippen LogP contribution is 2.48. The zero-order valence-electron chi connectivity index (χ0n) is 12.5. The monoisotopic (exact) mass is 288 g/mol. The average Bonchev–Trinajstić information content (AvgIpc) is 2.95. The van der Waals surface area contributed by atoms with E-state index >= 15 is 0 Å². The molecule has 4 nitrogen and oxygen atoms in total. The first-order valence-electron chi connectivity index (χ1n) is 8.14. The van der Waals surface area contributed by atoms with E-state index in [1.54, 1.807) is 12.1 Å². The van der Waals surface area contributed by atoms with E-state index in [1.807, 2.05) is 12.1 Å². The Kier molecular flexibility index (Phi) is 4.24. The molecule has 0 aromatic heterocycles. The van der Waals surface area contributed by atoms with Crippen molar-refractivity contribution in [2.24, 2.45) is 5.41 Å². The quantitative estimate of drug-likeness (QED) is 0.667. The summed E-state index contributed by atoms with van der Waals surface area (Å²) < 4.78 is 0. The summed E-state index contributed by atoms with van der Waals surface area (Å²) in [7, 11) is 0. The molecule has 1 spiro atoms. The summed E-state index contributed by atoms with van der Waals surface area (Å²) in [6, 6.07) is 7.57. The van der Waals surface area contributed by atoms with Crippen molar-refractivity contribution in [3.05, 3.63) is 39.9 Å². The molecule has 2 aliphatic carbocycles. The number of rotatable bonds is 4. The molecule has 0 aliphatic heterocycles. The van der Waals surface area contributed by atoms with Gasteiger partial charge in [-0.1, -0.05) is 31.0 Å². The summed E-state index contributed by atoms with van der Waals surface area (Å²) in [4.78, 5) is 10.7. The van der Waals surface area contributed by atoms with Gasteiger partial charge in [0.15, 0.2) is 0 Å². The molecule has 2 saturated carbocycles. The number of nitro groups is 1. The highest BCUT2D eigenvalue weighted by molar-refractivity contribution is 5.39. The van der Waals surface area contributed by atoms with Gasteiger partial charge in [-0.05, 0) is 43.9 Å². The topological polar surface area (TPSA) is 55.2 Å². The second kappa shape index (κ2) is 6.14. The summed E-state index contributed by atoms with van der Waals surface area (Å²) in [5, 5.41) is 14.6. The molecule has 0 amide bonds. The maximum atomic E-state index is 11.0. The van der Waals surface area contributed by atoms with Crippen LogP contribution < -0.4 is 5.32 Å². The van der Waals surface area contributed by atoms with Gasteiger partial charge in [0.2, 0.25) is 0 Å². The highest BCUT2D eigenvalue weighted by Gasteiger charge is 2.37. The summed E-state index contributed by atoms with van der Waals surface area (Å²) >= 11 is 0. The Balaban J connectivity index is 1.54. The fraction of sp³-hybridized carbons (Fsp3) is 0.647. The lowest BCUT2D eigenvalue weighted by Crippen LogP contribution is -2.36. The smallest absolute Gasteiger partial charge is 0.273 e. The van der Waals surface area contributed by atoms with E-state index in [4.69, 9.17) is 0 Å². The number of benzene rings is 1. The molecule has 3 rings (SSSR count). The third-order valence-corrected chi connectivity index (χ3v) is 5.48. The molecule has 2 fully saturated rings. The van der Waals surface area contributed by atoms with Crippen LogP contribution in [-0.2, 0) is 6.54 Å². The Morgan fingerprint density at radius 2 is 1.81 bits per heavy atom. The number of hydrogen-bond donors (Lipinski definition) is 1. The molecule has 2 aliphatic rings. The van der Waals surface area contributed by atoms with Gasteiger partial charge in [-0.15, -0.1) is 0 Å². The van der Waals surface area contributed by atoms with Gasteiger partial charge < -0.3 is 5.32 Å². The molecular formula is C17H24N2O2. The number of nitro benzene ring substituents is 1. The van der Waals surface area contributed by atoms with Crippen molar-refractivity contribution in [3.8, 4) is 0 Å². The molecular weight excluding hydrogens is 264 g/mol. The van der Waals surface area contributed by atoms with Gasteiger partial charge in [0.1, 0.15) is 0 Å². The molecule has 1 aromatic carbocycles. The number of hydrogen-bond acceptors (Lipinski definition) is 3. The molecule has 0 radical (unpaired) electrons. The van der Waals surface area contributed by atoms with E-state index in [2.05, 4.69) is 5.32 Å². The van der Waals surface area contributed by atoms with E-state index in [0.29, 0.717) is 18.0 Å². The van der Waals surface area contributed by atoms with Crippen LogP contribution in [-0.4, -0.2) is 11.0 Å². The Bertz CT molecular complexity index is 499. The summed E-state index contributed by atoms with van der Waals surface area (Å²) in [5.41, 5.74) is 1.67. The van der Waals surface area contributed by atoms with Gasteiger partial charge in [-0.2, -0.15) is 0 Å². The van der Waals surface area contributed by atoms with Crippen LogP contribution >= 0.6 is 0 Å². The van der Waals surface area contributed by atoms with Crippen molar-refractivity contribution in [3.63, 3.8) is 0 Å². The molecule has 0 saturated heterocycles. The van der Waals surface area contributed by atoms with Crippen molar-refractivity contribution in [2.75, 3.05) is 0 Å². The zero-order valence-corrected chi connectivity index (χ0v) is 12.5. The maximum Gasteiger partial charge on any atom is 0.273 e.